The summed E-state index contributed by atoms with van der Waals surface area (Å²) in [4.78, 5) is 49.1. The van der Waals surface area contributed by atoms with Gasteiger partial charge in [0.2, 0.25) is 5.91 Å². The highest BCUT2D eigenvalue weighted by Crippen LogP contribution is 2.33. The van der Waals surface area contributed by atoms with E-state index < -0.39 is 5.60 Å². The molecule has 3 amide bonds. The number of amides is 3. The highest BCUT2D eigenvalue weighted by Gasteiger charge is 2.41. The number of hydrogen-bond acceptors (Lipinski definition) is 10. The van der Waals surface area contributed by atoms with E-state index in [0.29, 0.717) is 100 Å². The number of hydrogen-bond donors (Lipinski definition) is 2. The fourth-order valence-corrected chi connectivity index (χ4v) is 8.99. The Morgan fingerprint density at radius 1 is 1.00 bits per heavy atom. The first-order valence-corrected chi connectivity index (χ1v) is 22.5. The van der Waals surface area contributed by atoms with E-state index >= 15 is 4.39 Å². The molecule has 326 valence electrons. The van der Waals surface area contributed by atoms with Crippen LogP contribution in [0.5, 0.6) is 5.75 Å². The second kappa shape index (κ2) is 20.9. The fourth-order valence-electron chi connectivity index (χ4n) is 8.19. The molecule has 3 aliphatic rings. The number of para-hydroxylation sites is 1. The van der Waals surface area contributed by atoms with Crippen molar-refractivity contribution in [2.24, 2.45) is 0 Å². The largest absolute Gasteiger partial charge is 0.481 e. The Labute approximate surface area is 362 Å². The van der Waals surface area contributed by atoms with Crippen LogP contribution < -0.4 is 15.4 Å². The summed E-state index contributed by atoms with van der Waals surface area (Å²) >= 11 is 1.54. The lowest BCUT2D eigenvalue weighted by Crippen LogP contribution is -2.58. The van der Waals surface area contributed by atoms with Gasteiger partial charge in [-0.05, 0) is 61.9 Å². The van der Waals surface area contributed by atoms with Crippen molar-refractivity contribution in [3.63, 3.8) is 0 Å². The van der Waals surface area contributed by atoms with E-state index in [1.807, 2.05) is 52.4 Å². The molecule has 2 N–H and O–H groups in total. The summed E-state index contributed by atoms with van der Waals surface area (Å²) in [5.41, 5.74) is 5.31. The minimum Gasteiger partial charge on any atom is -0.481 e. The van der Waals surface area contributed by atoms with E-state index in [4.69, 9.17) is 14.2 Å². The van der Waals surface area contributed by atoms with Crippen molar-refractivity contribution in [2.45, 2.75) is 77.5 Å². The average Bonchev–Trinajstić information content (AvgIpc) is 3.77. The number of benzene rings is 3. The molecule has 3 aliphatic heterocycles. The lowest BCUT2D eigenvalue weighted by Gasteiger charge is -2.47. The molecule has 1 aromatic heterocycles. The molecular formula is C47H59FN6O6S. The molecule has 0 saturated carbocycles. The Balaban J connectivity index is 0.840. The first-order valence-electron chi connectivity index (χ1n) is 21.6. The predicted molar refractivity (Wildman–Crippen MR) is 235 cm³/mol. The number of anilines is 1. The molecule has 7 rings (SSSR count). The third-order valence-electron chi connectivity index (χ3n) is 11.8. The number of likely N-dealkylation sites (tertiary alicyclic amines) is 1. The topological polar surface area (TPSA) is 126 Å². The van der Waals surface area contributed by atoms with E-state index in [1.165, 1.54) is 11.3 Å². The summed E-state index contributed by atoms with van der Waals surface area (Å²) in [6.07, 6.45) is 2.89. The van der Waals surface area contributed by atoms with Crippen molar-refractivity contribution >= 4 is 34.7 Å². The van der Waals surface area contributed by atoms with Crippen LogP contribution in [0.1, 0.15) is 82.3 Å². The number of fused-ring (bicyclic) bond motifs is 1. The Hall–Kier alpha value is -4.73. The number of ether oxygens (including phenoxy) is 3. The van der Waals surface area contributed by atoms with Crippen LogP contribution in [0.25, 0.3) is 0 Å². The van der Waals surface area contributed by atoms with Crippen LogP contribution in [0.3, 0.4) is 0 Å². The van der Waals surface area contributed by atoms with Crippen molar-refractivity contribution in [3.8, 4) is 5.75 Å². The molecule has 14 heteroatoms. The van der Waals surface area contributed by atoms with Gasteiger partial charge in [-0.3, -0.25) is 19.3 Å². The summed E-state index contributed by atoms with van der Waals surface area (Å²) in [6.45, 7) is 12.7. The van der Waals surface area contributed by atoms with Crippen LogP contribution >= 0.6 is 11.3 Å². The molecular weight excluding hydrogens is 796 g/mol. The number of morpholine rings is 1. The second-order valence-corrected chi connectivity index (χ2v) is 17.6. The number of carbonyl (C=O) groups excluding carboxylic acids is 3. The number of piperidine rings is 1. The third kappa shape index (κ3) is 11.8. The van der Waals surface area contributed by atoms with Crippen LogP contribution in [0, 0.1) is 12.7 Å². The lowest BCUT2D eigenvalue weighted by atomic mass is 9.89. The summed E-state index contributed by atoms with van der Waals surface area (Å²) in [6, 6.07) is 19.5. The van der Waals surface area contributed by atoms with Crippen LogP contribution in [-0.4, -0.2) is 115 Å². The third-order valence-corrected chi connectivity index (χ3v) is 12.9. The van der Waals surface area contributed by atoms with E-state index in [1.54, 1.807) is 6.07 Å². The average molecular weight is 855 g/mol. The van der Waals surface area contributed by atoms with Gasteiger partial charge in [-0.25, -0.2) is 9.37 Å². The number of aromatic nitrogens is 1. The van der Waals surface area contributed by atoms with E-state index in [2.05, 4.69) is 58.6 Å². The van der Waals surface area contributed by atoms with E-state index in [0.717, 1.165) is 47.6 Å². The van der Waals surface area contributed by atoms with Crippen molar-refractivity contribution in [2.75, 3.05) is 77.6 Å². The van der Waals surface area contributed by atoms with Gasteiger partial charge in [0.15, 0.2) is 6.61 Å². The quantitative estimate of drug-likeness (QED) is 0.110. The number of carbonyl (C=O) groups is 3. The number of rotatable bonds is 18. The first-order chi connectivity index (χ1) is 29.6. The maximum Gasteiger partial charge on any atom is 0.273 e. The van der Waals surface area contributed by atoms with E-state index in [9.17, 15) is 14.4 Å². The maximum atomic E-state index is 15.8. The first kappa shape index (κ1) is 44.3. The van der Waals surface area contributed by atoms with Gasteiger partial charge in [-0.15, -0.1) is 11.3 Å². The number of nitrogens with one attached hydrogen (secondary N) is 2. The van der Waals surface area contributed by atoms with Crippen molar-refractivity contribution in [3.05, 3.63) is 110 Å². The van der Waals surface area contributed by atoms with Crippen molar-refractivity contribution in [1.29, 1.82) is 0 Å². The normalized spacial score (nSPS) is 16.3. The molecule has 0 bridgehead atoms. The molecule has 4 aromatic rings. The standard InChI is InChI=1S/C47H59FN6O6S/c1-33(2)45-51-40(31-61-45)46(57)54-24-27-60-47(32-54)17-21-52(22-18-47)29-38-8-4-6-36(43(38)48)15-25-58-26-16-42(56)53(28-35-12-10-34(3)11-13-35)23-20-49-19-14-37-7-5-9-39-44(37)59-30-41(55)50-39/h4-13,31,33,49H,14-30,32H2,1-3H3,(H,50,55). The number of thiazole rings is 1. The van der Waals surface area contributed by atoms with Crippen LogP contribution in [0.4, 0.5) is 10.1 Å². The smallest absolute Gasteiger partial charge is 0.273 e. The molecule has 61 heavy (non-hydrogen) atoms. The van der Waals surface area contributed by atoms with Crippen LogP contribution in [0.2, 0.25) is 0 Å². The van der Waals surface area contributed by atoms with E-state index in [-0.39, 0.29) is 49.1 Å². The maximum absolute atomic E-state index is 15.8. The van der Waals surface area contributed by atoms with Gasteiger partial charge in [0.1, 0.15) is 17.3 Å². The molecule has 2 fully saturated rings. The minimum absolute atomic E-state index is 0.00207. The van der Waals surface area contributed by atoms with Gasteiger partial charge in [-0.2, -0.15) is 0 Å². The molecule has 4 heterocycles. The zero-order chi connectivity index (χ0) is 42.8. The highest BCUT2D eigenvalue weighted by atomic mass is 32.1. The summed E-state index contributed by atoms with van der Waals surface area (Å²) < 4.78 is 33.7. The van der Waals surface area contributed by atoms with Crippen molar-refractivity contribution in [1.82, 2.24) is 25.0 Å². The SMILES string of the molecule is Cc1ccc(CN(CCNCCc2cccc3c2OCC(=O)N3)C(=O)CCOCCc2cccc(CN3CCC4(CC3)CN(C(=O)c3csc(C(C)C)n3)CCO4)c2F)cc1. The van der Waals surface area contributed by atoms with Crippen molar-refractivity contribution < 1.29 is 33.0 Å². The van der Waals surface area contributed by atoms with Gasteiger partial charge in [0.05, 0.1) is 49.1 Å². The predicted octanol–water partition coefficient (Wildman–Crippen LogP) is 6.36. The highest BCUT2D eigenvalue weighted by molar-refractivity contribution is 7.09. The molecule has 1 spiro atoms. The number of halogens is 1. The molecule has 0 unspecified atom stereocenters. The molecule has 0 radical (unpaired) electrons. The summed E-state index contributed by atoms with van der Waals surface area (Å²) in [7, 11) is 0. The monoisotopic (exact) mass is 854 g/mol. The molecule has 0 aliphatic carbocycles. The Bertz CT molecular complexity index is 2120. The number of aryl methyl sites for hydroxylation is 1. The minimum atomic E-state index is -0.392. The zero-order valence-corrected chi connectivity index (χ0v) is 36.5. The summed E-state index contributed by atoms with van der Waals surface area (Å²) in [5.74, 6) is 0.606. The van der Waals surface area contributed by atoms with Gasteiger partial charge < -0.3 is 34.6 Å². The van der Waals surface area contributed by atoms with Gasteiger partial charge in [0.25, 0.3) is 11.8 Å². The molecule has 3 aromatic carbocycles. The zero-order valence-electron chi connectivity index (χ0n) is 35.7. The molecule has 12 nitrogen and oxygen atoms in total. The van der Waals surface area contributed by atoms with Crippen LogP contribution in [-0.2, 0) is 45.0 Å². The van der Waals surface area contributed by atoms with Gasteiger partial charge >= 0.3 is 0 Å². The Morgan fingerprint density at radius 2 is 1.77 bits per heavy atom. The van der Waals surface area contributed by atoms with Gasteiger partial charge in [-0.1, -0.05) is 74.0 Å². The number of nitrogens with zero attached hydrogens (tertiary/aromatic N) is 4. The van der Waals surface area contributed by atoms with Gasteiger partial charge in [0, 0.05) is 62.7 Å². The molecule has 0 atom stereocenters. The Morgan fingerprint density at radius 3 is 2.56 bits per heavy atom. The summed E-state index contributed by atoms with van der Waals surface area (Å²) in [5, 5.41) is 9.15. The fraction of sp³-hybridized carbons (Fsp3) is 0.489. The molecule has 2 saturated heterocycles. The Kier molecular flexibility index (Phi) is 15.2. The second-order valence-electron chi connectivity index (χ2n) is 16.7. The van der Waals surface area contributed by atoms with Crippen LogP contribution in [0.15, 0.2) is 66.0 Å². The lowest BCUT2D eigenvalue weighted by molar-refractivity contribution is -0.133.